The van der Waals surface area contributed by atoms with Crippen molar-refractivity contribution in [1.29, 1.82) is 0 Å². The van der Waals surface area contributed by atoms with Crippen molar-refractivity contribution in [2.45, 2.75) is 58.2 Å². The smallest absolute Gasteiger partial charge is 0.338 e. The lowest BCUT2D eigenvalue weighted by molar-refractivity contribution is -0.139. The summed E-state index contributed by atoms with van der Waals surface area (Å²) >= 11 is 1.59. The number of aromatic nitrogens is 3. The molecule has 2 aromatic rings. The first-order chi connectivity index (χ1) is 15.5. The van der Waals surface area contributed by atoms with E-state index in [1.165, 1.54) is 0 Å². The van der Waals surface area contributed by atoms with Crippen LogP contribution < -0.4 is 14.8 Å². The maximum absolute atomic E-state index is 13.1. The van der Waals surface area contributed by atoms with Gasteiger partial charge in [-0.15, -0.1) is 5.10 Å². The average molecular weight is 461 g/mol. The molecule has 0 radical (unpaired) electrons. The Morgan fingerprint density at radius 2 is 2.03 bits per heavy atom. The van der Waals surface area contributed by atoms with Crippen LogP contribution in [0, 0.1) is 0 Å². The monoisotopic (exact) mass is 460 g/mol. The van der Waals surface area contributed by atoms with Gasteiger partial charge in [0.2, 0.25) is 11.1 Å². The molecule has 0 spiro atoms. The number of nitrogens with zero attached hydrogens (tertiary/aromatic N) is 3. The highest BCUT2D eigenvalue weighted by molar-refractivity contribution is 7.99. The number of allylic oxidation sites excluding steroid dienone is 1. The lowest BCUT2D eigenvalue weighted by atomic mass is 9.95. The number of rotatable bonds is 11. The van der Waals surface area contributed by atoms with Gasteiger partial charge in [-0.3, -0.25) is 0 Å². The third kappa shape index (κ3) is 5.20. The third-order valence-electron chi connectivity index (χ3n) is 5.02. The van der Waals surface area contributed by atoms with Crippen molar-refractivity contribution in [3.05, 3.63) is 35.0 Å². The van der Waals surface area contributed by atoms with Gasteiger partial charge in [0.25, 0.3) is 0 Å². The van der Waals surface area contributed by atoms with Crippen molar-refractivity contribution in [2.75, 3.05) is 31.4 Å². The van der Waals surface area contributed by atoms with Gasteiger partial charge >= 0.3 is 5.97 Å². The van der Waals surface area contributed by atoms with E-state index in [1.807, 2.05) is 32.0 Å². The van der Waals surface area contributed by atoms with Crippen LogP contribution in [0.4, 0.5) is 5.95 Å². The van der Waals surface area contributed by atoms with Crippen LogP contribution in [-0.4, -0.2) is 46.8 Å². The first-order valence-corrected chi connectivity index (χ1v) is 12.1. The van der Waals surface area contributed by atoms with Gasteiger partial charge < -0.3 is 19.5 Å². The van der Waals surface area contributed by atoms with E-state index < -0.39 is 6.04 Å². The molecule has 174 valence electrons. The summed E-state index contributed by atoms with van der Waals surface area (Å²) in [7, 11) is 1.60. The number of methoxy groups -OCH3 is 1. The second-order valence-electron chi connectivity index (χ2n) is 7.41. The summed E-state index contributed by atoms with van der Waals surface area (Å²) in [6.07, 6.45) is 2.79. The number of benzene rings is 1. The average Bonchev–Trinajstić information content (AvgIpc) is 3.19. The number of hydrogen-bond acceptors (Lipinski definition) is 8. The Balaban J connectivity index is 2.06. The molecule has 1 aromatic heterocycles. The molecule has 8 nitrogen and oxygen atoms in total. The van der Waals surface area contributed by atoms with Crippen molar-refractivity contribution < 1.29 is 19.0 Å². The zero-order valence-electron chi connectivity index (χ0n) is 19.4. The molecular weight excluding hydrogens is 428 g/mol. The van der Waals surface area contributed by atoms with Gasteiger partial charge in [-0.1, -0.05) is 38.1 Å². The predicted octanol–water partition coefficient (Wildman–Crippen LogP) is 4.82. The number of carbonyl (C=O) groups is 1. The van der Waals surface area contributed by atoms with E-state index in [-0.39, 0.29) is 5.97 Å². The number of nitrogens with one attached hydrogen (secondary N) is 1. The Kier molecular flexibility index (Phi) is 8.44. The Labute approximate surface area is 193 Å². The second-order valence-corrected chi connectivity index (χ2v) is 8.47. The molecule has 1 aliphatic rings. The van der Waals surface area contributed by atoms with E-state index in [4.69, 9.17) is 19.3 Å². The Morgan fingerprint density at radius 3 is 2.72 bits per heavy atom. The standard InChI is InChI=1S/C23H32N4O4S/c1-6-9-12-31-21(28)19-15(4)24-22-25-23(32-13-7-2)26-27(22)20(19)16-10-11-17(30-8-3)18(14-16)29-5/h10-11,14,20H,6-9,12-13H2,1-5H3,(H,24,25,26). The number of unbranched alkanes of at least 4 members (excludes halogenated alkanes) is 1. The molecule has 1 N–H and O–H groups in total. The molecule has 0 saturated heterocycles. The molecule has 3 rings (SSSR count). The molecular formula is C23H32N4O4S. The largest absolute Gasteiger partial charge is 0.493 e. The quantitative estimate of drug-likeness (QED) is 0.290. The first-order valence-electron chi connectivity index (χ1n) is 11.1. The van der Waals surface area contributed by atoms with Crippen LogP contribution in [0.3, 0.4) is 0 Å². The van der Waals surface area contributed by atoms with Crippen LogP contribution in [0.2, 0.25) is 0 Å². The van der Waals surface area contributed by atoms with E-state index in [9.17, 15) is 4.79 Å². The number of carbonyl (C=O) groups excluding carboxylic acids is 1. The van der Waals surface area contributed by atoms with E-state index in [0.717, 1.165) is 30.6 Å². The van der Waals surface area contributed by atoms with Crippen LogP contribution in [0.5, 0.6) is 11.5 Å². The van der Waals surface area contributed by atoms with Crippen molar-refractivity contribution in [3.8, 4) is 11.5 Å². The molecule has 2 heterocycles. The van der Waals surface area contributed by atoms with Crippen molar-refractivity contribution in [1.82, 2.24) is 14.8 Å². The fourth-order valence-electron chi connectivity index (χ4n) is 3.47. The SMILES string of the molecule is CCCCOC(=O)C1=C(C)Nc2nc(SCCC)nn2C1c1ccc(OCC)c(OC)c1. The highest BCUT2D eigenvalue weighted by Gasteiger charge is 2.35. The normalized spacial score (nSPS) is 15.2. The Morgan fingerprint density at radius 1 is 1.22 bits per heavy atom. The summed E-state index contributed by atoms with van der Waals surface area (Å²) < 4.78 is 18.6. The van der Waals surface area contributed by atoms with Crippen LogP contribution in [0.1, 0.15) is 58.6 Å². The maximum atomic E-state index is 13.1. The van der Waals surface area contributed by atoms with Gasteiger partial charge in [-0.25, -0.2) is 9.48 Å². The van der Waals surface area contributed by atoms with Crippen LogP contribution >= 0.6 is 11.8 Å². The highest BCUT2D eigenvalue weighted by Crippen LogP contribution is 2.39. The summed E-state index contributed by atoms with van der Waals surface area (Å²) in [5, 5.41) is 8.62. The van der Waals surface area contributed by atoms with Crippen molar-refractivity contribution in [3.63, 3.8) is 0 Å². The van der Waals surface area contributed by atoms with E-state index in [2.05, 4.69) is 24.1 Å². The molecule has 32 heavy (non-hydrogen) atoms. The van der Waals surface area contributed by atoms with Crippen LogP contribution in [0.15, 0.2) is 34.6 Å². The third-order valence-corrected chi connectivity index (χ3v) is 6.07. The summed E-state index contributed by atoms with van der Waals surface area (Å²) in [5.74, 6) is 2.41. The lowest BCUT2D eigenvalue weighted by Gasteiger charge is -2.28. The van der Waals surface area contributed by atoms with E-state index in [0.29, 0.717) is 47.1 Å². The van der Waals surface area contributed by atoms with Crippen LogP contribution in [-0.2, 0) is 9.53 Å². The minimum atomic E-state index is -0.492. The molecule has 0 aliphatic carbocycles. The summed E-state index contributed by atoms with van der Waals surface area (Å²) in [6, 6.07) is 5.19. The summed E-state index contributed by atoms with van der Waals surface area (Å²) in [4.78, 5) is 17.8. The van der Waals surface area contributed by atoms with E-state index >= 15 is 0 Å². The zero-order chi connectivity index (χ0) is 23.1. The predicted molar refractivity (Wildman–Crippen MR) is 126 cm³/mol. The molecule has 0 bridgehead atoms. The zero-order valence-corrected chi connectivity index (χ0v) is 20.3. The van der Waals surface area contributed by atoms with Gasteiger partial charge in [0.1, 0.15) is 6.04 Å². The van der Waals surface area contributed by atoms with Gasteiger partial charge in [0.05, 0.1) is 25.9 Å². The molecule has 0 saturated carbocycles. The van der Waals surface area contributed by atoms with Crippen molar-refractivity contribution in [2.24, 2.45) is 0 Å². The number of hydrogen-bond donors (Lipinski definition) is 1. The fraction of sp³-hybridized carbons (Fsp3) is 0.522. The van der Waals surface area contributed by atoms with Gasteiger partial charge in [-0.05, 0) is 44.4 Å². The maximum Gasteiger partial charge on any atom is 0.338 e. The molecule has 0 fully saturated rings. The molecule has 1 unspecified atom stereocenters. The summed E-state index contributed by atoms with van der Waals surface area (Å²) in [6.45, 7) is 8.88. The molecule has 0 amide bonds. The van der Waals surface area contributed by atoms with Gasteiger partial charge in [0.15, 0.2) is 11.5 Å². The number of anilines is 1. The van der Waals surface area contributed by atoms with Gasteiger partial charge in [0, 0.05) is 11.4 Å². The molecule has 1 aliphatic heterocycles. The molecule has 1 atom stereocenters. The van der Waals surface area contributed by atoms with Crippen molar-refractivity contribution >= 4 is 23.7 Å². The minimum Gasteiger partial charge on any atom is -0.493 e. The minimum absolute atomic E-state index is 0.356. The van der Waals surface area contributed by atoms with Gasteiger partial charge in [-0.2, -0.15) is 4.98 Å². The summed E-state index contributed by atoms with van der Waals surface area (Å²) in [5.41, 5.74) is 2.06. The van der Waals surface area contributed by atoms with E-state index in [1.54, 1.807) is 23.6 Å². The Hall–Kier alpha value is -2.68. The number of ether oxygens (including phenoxy) is 3. The fourth-order valence-corrected chi connectivity index (χ4v) is 4.16. The number of fused-ring (bicyclic) bond motifs is 1. The topological polar surface area (TPSA) is 87.5 Å². The molecule has 1 aromatic carbocycles. The van der Waals surface area contributed by atoms with Crippen LogP contribution in [0.25, 0.3) is 0 Å². The lowest BCUT2D eigenvalue weighted by Crippen LogP contribution is -2.29. The molecule has 9 heteroatoms. The highest BCUT2D eigenvalue weighted by atomic mass is 32.2. The number of thioether (sulfide) groups is 1. The Bertz CT molecular complexity index is 973. The second kappa shape index (κ2) is 11.3. The first kappa shape index (κ1) is 24.0. The number of esters is 1.